The van der Waals surface area contributed by atoms with Crippen LogP contribution in [0.5, 0.6) is 0 Å². The van der Waals surface area contributed by atoms with Gasteiger partial charge in [-0.15, -0.1) is 11.3 Å². The highest BCUT2D eigenvalue weighted by molar-refractivity contribution is 7.89. The van der Waals surface area contributed by atoms with Crippen LogP contribution < -0.4 is 11.3 Å². The summed E-state index contributed by atoms with van der Waals surface area (Å²) in [7, 11) is -3.69. The van der Waals surface area contributed by atoms with Gasteiger partial charge in [-0.05, 0) is 12.3 Å². The molecular weight excluding hydrogens is 302 g/mol. The molecule has 0 bridgehead atoms. The van der Waals surface area contributed by atoms with Crippen molar-refractivity contribution in [3.05, 3.63) is 11.6 Å². The first-order valence-corrected chi connectivity index (χ1v) is 8.43. The molecule has 3 heterocycles. The molecule has 1 aliphatic heterocycles. The summed E-state index contributed by atoms with van der Waals surface area (Å²) in [6, 6.07) is 0. The van der Waals surface area contributed by atoms with E-state index in [2.05, 4.69) is 10.4 Å². The Hall–Kier alpha value is -1.20. The predicted octanol–water partition coefficient (Wildman–Crippen LogP) is -0.316. The van der Waals surface area contributed by atoms with E-state index >= 15 is 0 Å². The number of nitrogen functional groups attached to an aromatic ring is 1. The fraction of sp³-hybridized carbons (Fsp3) is 0.500. The van der Waals surface area contributed by atoms with Crippen LogP contribution in [0.2, 0.25) is 0 Å². The number of anilines is 1. The molecule has 0 aromatic carbocycles. The van der Waals surface area contributed by atoms with Crippen LogP contribution in [0, 0.1) is 5.92 Å². The molecule has 10 heteroatoms. The van der Waals surface area contributed by atoms with Gasteiger partial charge in [0.25, 0.3) is 10.0 Å². The number of thiazole rings is 1. The maximum absolute atomic E-state index is 12.7. The molecule has 2 aromatic heterocycles. The lowest BCUT2D eigenvalue weighted by Crippen LogP contribution is -2.31. The Morgan fingerprint density at radius 3 is 3.05 bits per heavy atom. The Bertz CT molecular complexity index is 722. The number of nitrogens with one attached hydrogen (secondary N) is 1. The zero-order valence-electron chi connectivity index (χ0n) is 10.6. The van der Waals surface area contributed by atoms with Gasteiger partial charge in [0.05, 0.1) is 0 Å². The first-order chi connectivity index (χ1) is 9.57. The third kappa shape index (κ3) is 2.00. The van der Waals surface area contributed by atoms with Crippen LogP contribution in [0.1, 0.15) is 6.42 Å². The van der Waals surface area contributed by atoms with E-state index in [4.69, 9.17) is 10.9 Å². The number of aliphatic hydroxyl groups is 1. The normalized spacial score (nSPS) is 20.8. The quantitative estimate of drug-likeness (QED) is 0.526. The fourth-order valence-corrected chi connectivity index (χ4v) is 4.91. The van der Waals surface area contributed by atoms with Gasteiger partial charge in [0.2, 0.25) is 5.03 Å². The number of imidazole rings is 1. The molecular formula is C10H15N5O3S2. The molecule has 2 aromatic rings. The highest BCUT2D eigenvalue weighted by Crippen LogP contribution is 2.30. The van der Waals surface area contributed by atoms with Crippen LogP contribution in [-0.4, -0.2) is 46.9 Å². The van der Waals surface area contributed by atoms with E-state index in [1.807, 2.05) is 0 Å². The highest BCUT2D eigenvalue weighted by Gasteiger charge is 2.36. The van der Waals surface area contributed by atoms with E-state index in [9.17, 15) is 8.42 Å². The van der Waals surface area contributed by atoms with E-state index in [0.717, 1.165) is 0 Å². The van der Waals surface area contributed by atoms with Crippen molar-refractivity contribution in [3.63, 3.8) is 0 Å². The van der Waals surface area contributed by atoms with E-state index in [1.54, 1.807) is 11.6 Å². The van der Waals surface area contributed by atoms with Gasteiger partial charge in [0.15, 0.2) is 10.8 Å². The third-order valence-electron chi connectivity index (χ3n) is 3.45. The topological polar surface area (TPSA) is 113 Å². The number of rotatable bonds is 4. The fourth-order valence-electron chi connectivity index (χ4n) is 2.39. The molecule has 0 spiro atoms. The first-order valence-electron chi connectivity index (χ1n) is 6.11. The smallest absolute Gasteiger partial charge is 0.262 e. The molecule has 20 heavy (non-hydrogen) atoms. The Morgan fingerprint density at radius 1 is 1.60 bits per heavy atom. The Morgan fingerprint density at radius 2 is 2.40 bits per heavy atom. The number of aromatic nitrogens is 2. The molecule has 1 unspecified atom stereocenters. The number of fused-ring (bicyclic) bond motifs is 1. The molecule has 1 fully saturated rings. The van der Waals surface area contributed by atoms with Crippen molar-refractivity contribution in [1.82, 2.24) is 13.7 Å². The standard InChI is InChI=1S/C10H15N5O3S2/c11-13-8-9(15-3-4-19-10(15)12-8)20(17,18)14-2-1-7(5-14)6-16/h3-4,7,13,16H,1-2,5-6,11H2. The van der Waals surface area contributed by atoms with Gasteiger partial charge in [0.1, 0.15) is 0 Å². The number of hydrogen-bond acceptors (Lipinski definition) is 7. The van der Waals surface area contributed by atoms with Crippen LogP contribution in [0.3, 0.4) is 0 Å². The summed E-state index contributed by atoms with van der Waals surface area (Å²) in [5.74, 6) is 5.51. The molecule has 1 aliphatic rings. The summed E-state index contributed by atoms with van der Waals surface area (Å²) in [5, 5.41) is 11.0. The predicted molar refractivity (Wildman–Crippen MR) is 74.8 cm³/mol. The minimum Gasteiger partial charge on any atom is -0.396 e. The average molecular weight is 317 g/mol. The maximum atomic E-state index is 12.7. The third-order valence-corrected chi connectivity index (χ3v) is 6.09. The summed E-state index contributed by atoms with van der Waals surface area (Å²) in [6.45, 7) is 0.712. The number of sulfonamides is 1. The lowest BCUT2D eigenvalue weighted by Gasteiger charge is -2.16. The Labute approximate surface area is 119 Å². The minimum absolute atomic E-state index is 0.00567. The molecule has 0 aliphatic carbocycles. The monoisotopic (exact) mass is 317 g/mol. The van der Waals surface area contributed by atoms with Gasteiger partial charge in [-0.1, -0.05) is 0 Å². The average Bonchev–Trinajstić information content (AvgIpc) is 3.12. The highest BCUT2D eigenvalue weighted by atomic mass is 32.2. The number of nitrogens with zero attached hydrogens (tertiary/aromatic N) is 3. The molecule has 110 valence electrons. The zero-order chi connectivity index (χ0) is 14.3. The molecule has 8 nitrogen and oxygen atoms in total. The van der Waals surface area contributed by atoms with E-state index in [-0.39, 0.29) is 23.4 Å². The number of hydrazine groups is 1. The van der Waals surface area contributed by atoms with Crippen molar-refractivity contribution in [1.29, 1.82) is 0 Å². The summed E-state index contributed by atoms with van der Waals surface area (Å²) in [5.41, 5.74) is 2.35. The Kier molecular flexibility index (Phi) is 3.42. The van der Waals surface area contributed by atoms with Crippen molar-refractivity contribution < 1.29 is 13.5 Å². The van der Waals surface area contributed by atoms with Crippen molar-refractivity contribution in [3.8, 4) is 0 Å². The lowest BCUT2D eigenvalue weighted by molar-refractivity contribution is 0.233. The molecule has 0 saturated carbocycles. The van der Waals surface area contributed by atoms with Gasteiger partial charge < -0.3 is 10.5 Å². The SMILES string of the molecule is NNc1nc2sccn2c1S(=O)(=O)N1CCC(CO)C1. The zero-order valence-corrected chi connectivity index (χ0v) is 12.2. The van der Waals surface area contributed by atoms with Gasteiger partial charge in [-0.2, -0.15) is 9.29 Å². The second kappa shape index (κ2) is 4.97. The second-order valence-electron chi connectivity index (χ2n) is 4.67. The number of nitrogens with two attached hydrogens (primary N) is 1. The summed E-state index contributed by atoms with van der Waals surface area (Å²) in [4.78, 5) is 4.72. The maximum Gasteiger partial charge on any atom is 0.262 e. The Balaban J connectivity index is 2.07. The van der Waals surface area contributed by atoms with Crippen LogP contribution in [-0.2, 0) is 10.0 Å². The second-order valence-corrected chi connectivity index (χ2v) is 7.39. The minimum atomic E-state index is -3.69. The van der Waals surface area contributed by atoms with Crippen molar-refractivity contribution in [2.24, 2.45) is 11.8 Å². The van der Waals surface area contributed by atoms with Crippen LogP contribution in [0.15, 0.2) is 16.6 Å². The molecule has 4 N–H and O–H groups in total. The van der Waals surface area contributed by atoms with Crippen LogP contribution in [0.25, 0.3) is 4.96 Å². The number of hydrogen-bond donors (Lipinski definition) is 3. The molecule has 0 amide bonds. The van der Waals surface area contributed by atoms with E-state index in [1.165, 1.54) is 20.0 Å². The van der Waals surface area contributed by atoms with E-state index < -0.39 is 10.0 Å². The molecule has 1 atom stereocenters. The molecule has 3 rings (SSSR count). The lowest BCUT2D eigenvalue weighted by atomic mass is 10.1. The van der Waals surface area contributed by atoms with Crippen LogP contribution in [0.4, 0.5) is 5.82 Å². The van der Waals surface area contributed by atoms with Crippen molar-refractivity contribution in [2.45, 2.75) is 11.4 Å². The summed E-state index contributed by atoms with van der Waals surface area (Å²) >= 11 is 1.33. The van der Waals surface area contributed by atoms with Gasteiger partial charge >= 0.3 is 0 Å². The van der Waals surface area contributed by atoms with Gasteiger partial charge in [-0.25, -0.2) is 14.3 Å². The van der Waals surface area contributed by atoms with Gasteiger partial charge in [0, 0.05) is 31.3 Å². The van der Waals surface area contributed by atoms with E-state index in [0.29, 0.717) is 24.5 Å². The largest absolute Gasteiger partial charge is 0.396 e. The van der Waals surface area contributed by atoms with Gasteiger partial charge in [-0.3, -0.25) is 4.40 Å². The van der Waals surface area contributed by atoms with Crippen molar-refractivity contribution >= 4 is 32.1 Å². The van der Waals surface area contributed by atoms with Crippen LogP contribution >= 0.6 is 11.3 Å². The summed E-state index contributed by atoms with van der Waals surface area (Å²) < 4.78 is 28.4. The first kappa shape index (κ1) is 13.8. The van der Waals surface area contributed by atoms with Crippen molar-refractivity contribution in [2.75, 3.05) is 25.1 Å². The number of aliphatic hydroxyl groups excluding tert-OH is 1. The molecule has 0 radical (unpaired) electrons. The molecule has 1 saturated heterocycles. The summed E-state index contributed by atoms with van der Waals surface area (Å²) in [6.07, 6.45) is 2.31.